The van der Waals surface area contributed by atoms with Crippen LogP contribution in [0.15, 0.2) is 60.8 Å². The molecule has 0 bridgehead atoms. The molecule has 11 heteroatoms. The van der Waals surface area contributed by atoms with Gasteiger partial charge in [-0.15, -0.1) is 0 Å². The van der Waals surface area contributed by atoms with Gasteiger partial charge in [0.25, 0.3) is 0 Å². The van der Waals surface area contributed by atoms with Gasteiger partial charge in [-0.3, -0.25) is 9.59 Å². The fourth-order valence-electron chi connectivity index (χ4n) is 10.3. The van der Waals surface area contributed by atoms with E-state index in [2.05, 4.69) is 54.8 Å². The number of amides is 1. The molecular formula is C69H125NO10. The summed E-state index contributed by atoms with van der Waals surface area (Å²) in [7, 11) is 0. The van der Waals surface area contributed by atoms with Gasteiger partial charge in [-0.2, -0.15) is 0 Å². The summed E-state index contributed by atoms with van der Waals surface area (Å²) >= 11 is 0. The smallest absolute Gasteiger partial charge is 0.305 e. The fourth-order valence-corrected chi connectivity index (χ4v) is 10.3. The number of carbonyl (C=O) groups excluding carboxylic acids is 2. The second kappa shape index (κ2) is 58.1. The number of aliphatic hydroxyl groups is 5. The van der Waals surface area contributed by atoms with E-state index in [1.54, 1.807) is 6.08 Å². The molecular weight excluding hydrogens is 1000 g/mol. The summed E-state index contributed by atoms with van der Waals surface area (Å²) in [4.78, 5) is 25.1. The predicted molar refractivity (Wildman–Crippen MR) is 333 cm³/mol. The highest BCUT2D eigenvalue weighted by Gasteiger charge is 2.44. The standard InChI is InChI=1S/C69H125NO10/c1-3-5-7-9-11-13-14-15-30-34-37-41-45-49-53-57-65(74)78-58-54-50-46-42-38-35-32-29-27-25-23-21-19-17-16-18-20-22-24-26-28-31-33-36-40-44-48-52-56-64(73)70-61(62(72)55-51-47-43-39-12-10-8-6-4-2)60-79-69-68(77)67(76)66(75)63(59-71)80-69/h4,6,12,15-17,30,39,51,55,61-63,66-69,71-72,75-77H,3,5,7-11,13-14,18-29,31-38,40-50,52-54,56-60H2,1-2H3,(H,70,73)/b6-4+,17-16-,30-15-,39-12+,55-51+. The van der Waals surface area contributed by atoms with E-state index in [9.17, 15) is 35.1 Å². The highest BCUT2D eigenvalue weighted by molar-refractivity contribution is 5.76. The van der Waals surface area contributed by atoms with Gasteiger partial charge in [0, 0.05) is 12.8 Å². The predicted octanol–water partition coefficient (Wildman–Crippen LogP) is 16.6. The Kier molecular flexibility index (Phi) is 54.8. The molecule has 1 aliphatic rings. The minimum Gasteiger partial charge on any atom is -0.466 e. The third-order valence-corrected chi connectivity index (χ3v) is 15.6. The van der Waals surface area contributed by atoms with Crippen molar-refractivity contribution in [1.29, 1.82) is 0 Å². The lowest BCUT2D eigenvalue weighted by Crippen LogP contribution is -2.60. The van der Waals surface area contributed by atoms with Gasteiger partial charge in [0.2, 0.25) is 5.91 Å². The van der Waals surface area contributed by atoms with E-state index >= 15 is 0 Å². The maximum Gasteiger partial charge on any atom is 0.305 e. The van der Waals surface area contributed by atoms with Gasteiger partial charge < -0.3 is 45.1 Å². The van der Waals surface area contributed by atoms with Gasteiger partial charge in [-0.25, -0.2) is 0 Å². The number of esters is 1. The highest BCUT2D eigenvalue weighted by Crippen LogP contribution is 2.23. The molecule has 0 aromatic carbocycles. The van der Waals surface area contributed by atoms with Crippen LogP contribution in [0, 0.1) is 0 Å². The summed E-state index contributed by atoms with van der Waals surface area (Å²) in [6.07, 6.45) is 66.7. The van der Waals surface area contributed by atoms with E-state index in [1.165, 1.54) is 212 Å². The van der Waals surface area contributed by atoms with E-state index in [0.29, 0.717) is 19.4 Å². The topological polar surface area (TPSA) is 175 Å². The lowest BCUT2D eigenvalue weighted by Gasteiger charge is -2.40. The normalized spacial score (nSPS) is 18.7. The van der Waals surface area contributed by atoms with Crippen LogP contribution in [-0.2, 0) is 23.8 Å². The summed E-state index contributed by atoms with van der Waals surface area (Å²) in [6.45, 7) is 4.09. The van der Waals surface area contributed by atoms with Crippen molar-refractivity contribution in [3.8, 4) is 0 Å². The molecule has 0 aromatic rings. The van der Waals surface area contributed by atoms with Crippen molar-refractivity contribution in [3.63, 3.8) is 0 Å². The number of ether oxygens (including phenoxy) is 3. The number of carbonyl (C=O) groups is 2. The molecule has 7 atom stereocenters. The molecule has 466 valence electrons. The Labute approximate surface area is 490 Å². The number of hydrogen-bond acceptors (Lipinski definition) is 10. The molecule has 0 aromatic heterocycles. The molecule has 6 N–H and O–H groups in total. The molecule has 1 heterocycles. The Morgan fingerprint density at radius 2 is 0.863 bits per heavy atom. The Balaban J connectivity index is 1.94. The second-order valence-electron chi connectivity index (χ2n) is 23.2. The highest BCUT2D eigenvalue weighted by atomic mass is 16.7. The molecule has 1 aliphatic heterocycles. The van der Waals surface area contributed by atoms with Crippen LogP contribution < -0.4 is 5.32 Å². The Morgan fingerprint density at radius 3 is 1.31 bits per heavy atom. The zero-order valence-electron chi connectivity index (χ0n) is 51.5. The van der Waals surface area contributed by atoms with Crippen molar-refractivity contribution in [2.24, 2.45) is 0 Å². The van der Waals surface area contributed by atoms with Crippen molar-refractivity contribution in [1.82, 2.24) is 5.32 Å². The fraction of sp³-hybridized carbons (Fsp3) is 0.826. The average Bonchev–Trinajstić information content (AvgIpc) is 3.45. The first-order valence-corrected chi connectivity index (χ1v) is 33.5. The van der Waals surface area contributed by atoms with E-state index in [4.69, 9.17) is 14.2 Å². The number of nitrogens with one attached hydrogen (secondary N) is 1. The first-order chi connectivity index (χ1) is 39.2. The van der Waals surface area contributed by atoms with Crippen molar-refractivity contribution in [2.75, 3.05) is 19.8 Å². The maximum absolute atomic E-state index is 13.0. The largest absolute Gasteiger partial charge is 0.466 e. The maximum atomic E-state index is 13.0. The first kappa shape index (κ1) is 75.4. The van der Waals surface area contributed by atoms with Gasteiger partial charge in [0.05, 0.1) is 32.0 Å². The van der Waals surface area contributed by atoms with Crippen LogP contribution >= 0.6 is 0 Å². The van der Waals surface area contributed by atoms with E-state index < -0.39 is 49.5 Å². The van der Waals surface area contributed by atoms with Gasteiger partial charge in [-0.05, 0) is 103 Å². The van der Waals surface area contributed by atoms with Crippen molar-refractivity contribution < 1.29 is 49.3 Å². The summed E-state index contributed by atoms with van der Waals surface area (Å²) in [6, 6.07) is -0.834. The Morgan fingerprint density at radius 1 is 0.475 bits per heavy atom. The van der Waals surface area contributed by atoms with Crippen LogP contribution in [0.4, 0.5) is 0 Å². The first-order valence-electron chi connectivity index (χ1n) is 33.5. The zero-order chi connectivity index (χ0) is 58.0. The lowest BCUT2D eigenvalue weighted by atomic mass is 9.99. The zero-order valence-corrected chi connectivity index (χ0v) is 51.5. The third kappa shape index (κ3) is 46.8. The van der Waals surface area contributed by atoms with Gasteiger partial charge >= 0.3 is 5.97 Å². The number of rotatable bonds is 58. The monoisotopic (exact) mass is 1130 g/mol. The summed E-state index contributed by atoms with van der Waals surface area (Å²) in [5, 5.41) is 54.2. The van der Waals surface area contributed by atoms with Crippen LogP contribution in [0.2, 0.25) is 0 Å². The van der Waals surface area contributed by atoms with Crippen LogP contribution in [0.5, 0.6) is 0 Å². The average molecular weight is 1130 g/mol. The van der Waals surface area contributed by atoms with E-state index in [0.717, 1.165) is 64.2 Å². The molecule has 0 spiro atoms. The number of unbranched alkanes of at least 4 members (excludes halogenated alkanes) is 37. The molecule has 1 fully saturated rings. The molecule has 0 saturated carbocycles. The van der Waals surface area contributed by atoms with Gasteiger partial charge in [-0.1, -0.05) is 247 Å². The molecule has 7 unspecified atom stereocenters. The molecule has 80 heavy (non-hydrogen) atoms. The molecule has 0 radical (unpaired) electrons. The van der Waals surface area contributed by atoms with Crippen LogP contribution in [0.25, 0.3) is 0 Å². The number of aliphatic hydroxyl groups excluding tert-OH is 5. The quantitative estimate of drug-likeness (QED) is 0.0195. The second-order valence-corrected chi connectivity index (χ2v) is 23.2. The molecule has 11 nitrogen and oxygen atoms in total. The molecule has 1 rings (SSSR count). The minimum atomic E-state index is -1.58. The Bertz CT molecular complexity index is 1510. The van der Waals surface area contributed by atoms with Crippen LogP contribution in [0.3, 0.4) is 0 Å². The van der Waals surface area contributed by atoms with Crippen molar-refractivity contribution >= 4 is 11.9 Å². The lowest BCUT2D eigenvalue weighted by molar-refractivity contribution is -0.302. The minimum absolute atomic E-state index is 0.00218. The van der Waals surface area contributed by atoms with Crippen LogP contribution in [-0.4, -0.2) is 100 Å². The summed E-state index contributed by atoms with van der Waals surface area (Å²) in [5.74, 6) is -0.202. The van der Waals surface area contributed by atoms with E-state index in [1.807, 2.05) is 19.1 Å². The molecule has 1 amide bonds. The molecule has 1 saturated heterocycles. The Hall–Kier alpha value is -2.64. The van der Waals surface area contributed by atoms with Crippen molar-refractivity contribution in [2.45, 2.75) is 346 Å². The van der Waals surface area contributed by atoms with Gasteiger partial charge in [0.1, 0.15) is 24.4 Å². The van der Waals surface area contributed by atoms with Crippen LogP contribution in [0.1, 0.15) is 303 Å². The SMILES string of the molecule is C/C=C/CC/C=C/CC/C=C/C(O)C(COC1OC(CO)C(O)C(O)C1O)NC(=O)CCCCCCCCCCCCCC/C=C\CCCCCCCCCCCCCCOC(=O)CCCCCCC/C=C\CCCCCCCC. The number of allylic oxidation sites excluding steroid dienone is 9. The number of hydrogen-bond donors (Lipinski definition) is 6. The summed E-state index contributed by atoms with van der Waals surface area (Å²) in [5.41, 5.74) is 0. The van der Waals surface area contributed by atoms with Crippen molar-refractivity contribution in [3.05, 3.63) is 60.8 Å². The van der Waals surface area contributed by atoms with E-state index in [-0.39, 0.29) is 18.5 Å². The third-order valence-electron chi connectivity index (χ3n) is 15.6. The molecule has 0 aliphatic carbocycles. The van der Waals surface area contributed by atoms with Gasteiger partial charge in [0.15, 0.2) is 6.29 Å². The summed E-state index contributed by atoms with van der Waals surface area (Å²) < 4.78 is 16.7.